The molecule has 2 fully saturated rings. The molecule has 1 aromatic carbocycles. The summed E-state index contributed by atoms with van der Waals surface area (Å²) in [6.45, 7) is 4.22. The molecular weight excluding hydrogens is 338 g/mol. The van der Waals surface area contributed by atoms with E-state index in [0.29, 0.717) is 5.56 Å². The predicted molar refractivity (Wildman–Crippen MR) is 109 cm³/mol. The molecule has 2 saturated heterocycles. The Morgan fingerprint density at radius 2 is 1.33 bits per heavy atom. The van der Waals surface area contributed by atoms with Gasteiger partial charge in [0.05, 0.1) is 5.56 Å². The molecule has 2 aliphatic heterocycles. The molecule has 6 heteroatoms. The second kappa shape index (κ2) is 8.37. The van der Waals surface area contributed by atoms with Crippen molar-refractivity contribution in [2.75, 3.05) is 41.3 Å². The third-order valence-electron chi connectivity index (χ3n) is 5.39. The molecule has 0 spiro atoms. The fraction of sp³-hybridized carbons (Fsp3) is 0.476. The summed E-state index contributed by atoms with van der Waals surface area (Å²) in [4.78, 5) is 25.9. The maximum Gasteiger partial charge on any atom is 0.258 e. The number of aromatic nitrogens is 2. The van der Waals surface area contributed by atoms with E-state index in [1.165, 1.54) is 44.2 Å². The Balaban J connectivity index is 1.37. The number of benzene rings is 1. The molecule has 0 unspecified atom stereocenters. The number of carbonyl (C=O) groups excluding carboxylic acids is 1. The van der Waals surface area contributed by atoms with Crippen LogP contribution in [0, 0.1) is 0 Å². The molecule has 2 aromatic rings. The molecule has 0 saturated carbocycles. The maximum atomic E-state index is 12.5. The third-order valence-corrected chi connectivity index (χ3v) is 5.39. The van der Waals surface area contributed by atoms with Crippen molar-refractivity contribution in [2.45, 2.75) is 38.5 Å². The van der Waals surface area contributed by atoms with Crippen molar-refractivity contribution >= 4 is 23.2 Å². The fourth-order valence-electron chi connectivity index (χ4n) is 3.81. The Labute approximate surface area is 160 Å². The molecule has 0 atom stereocenters. The van der Waals surface area contributed by atoms with Gasteiger partial charge in [-0.15, -0.1) is 0 Å². The van der Waals surface area contributed by atoms with Crippen LogP contribution in [0.3, 0.4) is 0 Å². The van der Waals surface area contributed by atoms with Crippen LogP contribution >= 0.6 is 0 Å². The van der Waals surface area contributed by atoms with Crippen molar-refractivity contribution in [3.05, 3.63) is 42.2 Å². The molecule has 1 amide bonds. The summed E-state index contributed by atoms with van der Waals surface area (Å²) in [5, 5.41) is 2.93. The Kier molecular flexibility index (Phi) is 5.51. The van der Waals surface area contributed by atoms with Crippen LogP contribution in [0.4, 0.5) is 17.3 Å². The zero-order valence-electron chi connectivity index (χ0n) is 15.7. The van der Waals surface area contributed by atoms with Gasteiger partial charge in [0.15, 0.2) is 0 Å². The normalized spacial score (nSPS) is 17.6. The number of nitrogens with zero attached hydrogens (tertiary/aromatic N) is 4. The molecule has 6 nitrogen and oxygen atoms in total. The lowest BCUT2D eigenvalue weighted by molar-refractivity contribution is 0.102. The van der Waals surface area contributed by atoms with Crippen molar-refractivity contribution in [1.29, 1.82) is 0 Å². The van der Waals surface area contributed by atoms with E-state index in [2.05, 4.69) is 37.2 Å². The lowest BCUT2D eigenvalue weighted by Gasteiger charge is -2.19. The Bertz CT molecular complexity index is 745. The van der Waals surface area contributed by atoms with E-state index >= 15 is 0 Å². The zero-order chi connectivity index (χ0) is 18.5. The van der Waals surface area contributed by atoms with Crippen LogP contribution in [0.5, 0.6) is 0 Å². The minimum atomic E-state index is -0.175. The third kappa shape index (κ3) is 4.38. The lowest BCUT2D eigenvalue weighted by atomic mass is 10.2. The summed E-state index contributed by atoms with van der Waals surface area (Å²) in [7, 11) is 0. The highest BCUT2D eigenvalue weighted by molar-refractivity contribution is 6.03. The van der Waals surface area contributed by atoms with E-state index in [0.717, 1.165) is 37.8 Å². The first-order valence-electron chi connectivity index (χ1n) is 10.0. The van der Waals surface area contributed by atoms with Crippen LogP contribution < -0.4 is 15.1 Å². The largest absolute Gasteiger partial charge is 0.372 e. The predicted octanol–water partition coefficient (Wildman–Crippen LogP) is 3.71. The smallest absolute Gasteiger partial charge is 0.258 e. The molecule has 27 heavy (non-hydrogen) atoms. The Morgan fingerprint density at radius 3 is 1.96 bits per heavy atom. The van der Waals surface area contributed by atoms with E-state index in [1.807, 2.05) is 12.1 Å². The number of hydrogen-bond acceptors (Lipinski definition) is 5. The van der Waals surface area contributed by atoms with Crippen molar-refractivity contribution in [3.63, 3.8) is 0 Å². The van der Waals surface area contributed by atoms with Crippen LogP contribution in [0.15, 0.2) is 36.7 Å². The minimum absolute atomic E-state index is 0.175. The van der Waals surface area contributed by atoms with Gasteiger partial charge in [0.25, 0.3) is 5.91 Å². The van der Waals surface area contributed by atoms with Gasteiger partial charge < -0.3 is 15.1 Å². The Hall–Kier alpha value is -2.63. The summed E-state index contributed by atoms with van der Waals surface area (Å²) in [5.41, 5.74) is 2.49. The van der Waals surface area contributed by atoms with Gasteiger partial charge in [-0.3, -0.25) is 4.79 Å². The summed E-state index contributed by atoms with van der Waals surface area (Å²) < 4.78 is 0. The number of rotatable bonds is 4. The second-order valence-electron chi connectivity index (χ2n) is 7.37. The van der Waals surface area contributed by atoms with E-state index in [-0.39, 0.29) is 5.91 Å². The van der Waals surface area contributed by atoms with Gasteiger partial charge in [-0.05, 0) is 49.9 Å². The second-order valence-corrected chi connectivity index (χ2v) is 7.37. The molecular formula is C21H27N5O. The van der Waals surface area contributed by atoms with Crippen LogP contribution in [-0.4, -0.2) is 42.1 Å². The summed E-state index contributed by atoms with van der Waals surface area (Å²) in [6.07, 6.45) is 10.7. The van der Waals surface area contributed by atoms with Gasteiger partial charge in [-0.1, -0.05) is 12.8 Å². The fourth-order valence-corrected chi connectivity index (χ4v) is 3.81. The van der Waals surface area contributed by atoms with Gasteiger partial charge in [-0.25, -0.2) is 9.97 Å². The van der Waals surface area contributed by atoms with Crippen LogP contribution in [0.1, 0.15) is 48.9 Å². The van der Waals surface area contributed by atoms with E-state index < -0.39 is 0 Å². The number of nitrogens with one attached hydrogen (secondary N) is 1. The van der Waals surface area contributed by atoms with Gasteiger partial charge in [0.1, 0.15) is 0 Å². The van der Waals surface area contributed by atoms with Crippen molar-refractivity contribution in [1.82, 2.24) is 9.97 Å². The summed E-state index contributed by atoms with van der Waals surface area (Å²) >= 11 is 0. The number of carbonyl (C=O) groups is 1. The molecule has 0 aliphatic carbocycles. The molecule has 142 valence electrons. The summed E-state index contributed by atoms with van der Waals surface area (Å²) in [5.74, 6) is 0.551. The van der Waals surface area contributed by atoms with Crippen LogP contribution in [-0.2, 0) is 0 Å². The van der Waals surface area contributed by atoms with E-state index in [9.17, 15) is 4.79 Å². The van der Waals surface area contributed by atoms with E-state index in [4.69, 9.17) is 0 Å². The highest BCUT2D eigenvalue weighted by Crippen LogP contribution is 2.22. The van der Waals surface area contributed by atoms with Gasteiger partial charge >= 0.3 is 0 Å². The number of hydrogen-bond donors (Lipinski definition) is 1. The number of amides is 1. The monoisotopic (exact) mass is 365 g/mol. The molecule has 1 N–H and O–H groups in total. The van der Waals surface area contributed by atoms with Crippen LogP contribution in [0.2, 0.25) is 0 Å². The van der Waals surface area contributed by atoms with Crippen molar-refractivity contribution < 1.29 is 4.79 Å². The van der Waals surface area contributed by atoms with Crippen molar-refractivity contribution in [3.8, 4) is 0 Å². The topological polar surface area (TPSA) is 61.4 Å². The average molecular weight is 365 g/mol. The molecule has 2 aliphatic rings. The van der Waals surface area contributed by atoms with Gasteiger partial charge in [0.2, 0.25) is 5.95 Å². The highest BCUT2D eigenvalue weighted by Gasteiger charge is 2.15. The molecule has 3 heterocycles. The lowest BCUT2D eigenvalue weighted by Crippen LogP contribution is -2.26. The average Bonchev–Trinajstić information content (AvgIpc) is 3.11. The SMILES string of the molecule is O=C(Nc1ccc(N2CCCC2)cc1)c1cnc(N2CCCCCC2)nc1. The quantitative estimate of drug-likeness (QED) is 0.895. The molecule has 4 rings (SSSR count). The van der Waals surface area contributed by atoms with Gasteiger partial charge in [-0.2, -0.15) is 0 Å². The van der Waals surface area contributed by atoms with Crippen LogP contribution in [0.25, 0.3) is 0 Å². The first kappa shape index (κ1) is 17.8. The Morgan fingerprint density at radius 1 is 0.778 bits per heavy atom. The van der Waals surface area contributed by atoms with Gasteiger partial charge in [0, 0.05) is 49.9 Å². The number of anilines is 3. The molecule has 0 bridgehead atoms. The van der Waals surface area contributed by atoms with Crippen molar-refractivity contribution in [2.24, 2.45) is 0 Å². The first-order chi connectivity index (χ1) is 13.3. The molecule has 1 aromatic heterocycles. The standard InChI is InChI=1S/C21H27N5O/c27-20(24-18-7-9-19(10-8-18)25-11-5-6-12-25)17-15-22-21(23-16-17)26-13-3-1-2-4-14-26/h7-10,15-16H,1-6,11-14H2,(H,24,27). The zero-order valence-corrected chi connectivity index (χ0v) is 15.7. The van der Waals surface area contributed by atoms with E-state index in [1.54, 1.807) is 12.4 Å². The first-order valence-corrected chi connectivity index (χ1v) is 10.0. The highest BCUT2D eigenvalue weighted by atomic mass is 16.1. The summed E-state index contributed by atoms with van der Waals surface area (Å²) in [6, 6.07) is 8.05. The maximum absolute atomic E-state index is 12.5. The molecule has 0 radical (unpaired) electrons. The minimum Gasteiger partial charge on any atom is -0.372 e.